The van der Waals surface area contributed by atoms with Crippen LogP contribution in [0.3, 0.4) is 0 Å². The van der Waals surface area contributed by atoms with Gasteiger partial charge in [0.1, 0.15) is 0 Å². The topological polar surface area (TPSA) is 11.4 Å². The summed E-state index contributed by atoms with van der Waals surface area (Å²) >= 11 is 0. The second-order valence-corrected chi connectivity index (χ2v) is 16.9. The van der Waals surface area contributed by atoms with Gasteiger partial charge in [0.05, 0.1) is 16.7 Å². The highest BCUT2D eigenvalue weighted by Gasteiger charge is 2.44. The summed E-state index contributed by atoms with van der Waals surface area (Å²) in [5.74, 6) is 0. The zero-order valence-corrected chi connectivity index (χ0v) is 35.0. The Morgan fingerprint density at radius 1 is 0.297 bits per heavy atom. The average Bonchev–Trinajstić information content (AvgIpc) is 3.72. The molecule has 2 aliphatic heterocycles. The van der Waals surface area contributed by atoms with E-state index in [-0.39, 0.29) is 6.71 Å². The summed E-state index contributed by atoms with van der Waals surface area (Å²) in [6.07, 6.45) is 0. The summed E-state index contributed by atoms with van der Waals surface area (Å²) in [6.45, 7) is -0.0241. The largest absolute Gasteiger partial charge is 0.311 e. The normalized spacial score (nSPS) is 12.6. The van der Waals surface area contributed by atoms with E-state index >= 15 is 0 Å². The molecule has 0 saturated heterocycles. The van der Waals surface area contributed by atoms with Gasteiger partial charge in [-0.3, -0.25) is 0 Å². The highest BCUT2D eigenvalue weighted by molar-refractivity contribution is 7.00. The number of fused-ring (bicyclic) bond motifs is 8. The molecule has 64 heavy (non-hydrogen) atoms. The van der Waals surface area contributed by atoms with Crippen LogP contribution in [-0.4, -0.2) is 11.3 Å². The van der Waals surface area contributed by atoms with Gasteiger partial charge < -0.3 is 14.4 Å². The summed E-state index contributed by atoms with van der Waals surface area (Å²) < 4.78 is 2.44. The van der Waals surface area contributed by atoms with Gasteiger partial charge in [-0.15, -0.1) is 0 Å². The number of anilines is 6. The van der Waals surface area contributed by atoms with Crippen molar-refractivity contribution in [2.45, 2.75) is 0 Å². The van der Waals surface area contributed by atoms with Crippen LogP contribution in [0.15, 0.2) is 243 Å². The van der Waals surface area contributed by atoms with Gasteiger partial charge in [0.25, 0.3) is 6.71 Å². The molecule has 0 aliphatic carbocycles. The number of hydrogen-bond acceptors (Lipinski definition) is 2. The minimum Gasteiger partial charge on any atom is -0.311 e. The number of aromatic nitrogens is 1. The summed E-state index contributed by atoms with van der Waals surface area (Å²) in [6, 6.07) is 89.0. The molecule has 0 radical (unpaired) electrons. The Morgan fingerprint density at radius 2 is 0.781 bits per heavy atom. The molecule has 13 rings (SSSR count). The lowest BCUT2D eigenvalue weighted by Crippen LogP contribution is -2.61. The van der Waals surface area contributed by atoms with Crippen molar-refractivity contribution in [1.29, 1.82) is 0 Å². The van der Waals surface area contributed by atoms with E-state index in [0.717, 1.165) is 17.1 Å². The van der Waals surface area contributed by atoms with Crippen LogP contribution < -0.4 is 26.2 Å². The fraction of sp³-hybridized carbons (Fsp3) is 0. The first-order valence-corrected chi connectivity index (χ1v) is 22.1. The Bertz CT molecular complexity index is 3530. The first-order chi connectivity index (χ1) is 31.8. The Labute approximate surface area is 373 Å². The van der Waals surface area contributed by atoms with Gasteiger partial charge in [0.2, 0.25) is 0 Å². The Hall–Kier alpha value is -8.34. The Balaban J connectivity index is 1.10. The lowest BCUT2D eigenvalue weighted by Gasteiger charge is -2.44. The van der Waals surface area contributed by atoms with E-state index in [1.807, 2.05) is 0 Å². The second-order valence-electron chi connectivity index (χ2n) is 16.9. The third kappa shape index (κ3) is 5.63. The van der Waals surface area contributed by atoms with Crippen LogP contribution >= 0.6 is 0 Å². The van der Waals surface area contributed by atoms with Crippen LogP contribution in [0.4, 0.5) is 34.1 Å². The van der Waals surface area contributed by atoms with Gasteiger partial charge in [-0.25, -0.2) is 0 Å². The highest BCUT2D eigenvalue weighted by Crippen LogP contribution is 2.48. The lowest BCUT2D eigenvalue weighted by atomic mass is 9.33. The van der Waals surface area contributed by atoms with Crippen molar-refractivity contribution < 1.29 is 0 Å². The van der Waals surface area contributed by atoms with Crippen molar-refractivity contribution in [3.8, 4) is 39.1 Å². The fourth-order valence-electron chi connectivity index (χ4n) is 10.5. The standard InChI is InChI=1S/C60H40BN3/c1-5-16-41(17-6-1)44-28-33-48(34-29-44)63-55-26-15-27-56-59(55)61(51-37-32-46(40-57(51)63)43-20-9-3-10-21-43)52-38-39-54-58(50-24-13-14-25-53(50)62(54)47-22-11-4-12-23-47)60(52)64(56)49-35-30-45(31-36-49)42-18-7-2-8-19-42/h1-40H. The van der Waals surface area contributed by atoms with Gasteiger partial charge in [0.15, 0.2) is 0 Å². The molecule has 0 amide bonds. The van der Waals surface area contributed by atoms with Crippen molar-refractivity contribution in [2.24, 2.45) is 0 Å². The number of hydrogen-bond donors (Lipinski definition) is 0. The van der Waals surface area contributed by atoms with Crippen LogP contribution in [0, 0.1) is 0 Å². The Kier molecular flexibility index (Phi) is 8.32. The maximum atomic E-state index is 2.56. The van der Waals surface area contributed by atoms with Crippen molar-refractivity contribution in [2.75, 3.05) is 9.80 Å². The second kappa shape index (κ2) is 14.6. The summed E-state index contributed by atoms with van der Waals surface area (Å²) in [7, 11) is 0. The summed E-state index contributed by atoms with van der Waals surface area (Å²) in [5, 5.41) is 2.49. The monoisotopic (exact) mass is 813 g/mol. The SMILES string of the molecule is c1ccc(-c2ccc(N3c4cc(-c5ccccc5)ccc4B4c5ccc6c(c5N(c5ccc(-c7ccccc7)cc5)c5cccc3c54)c3ccccc3n6-c3ccccc3)cc2)cc1. The summed E-state index contributed by atoms with van der Waals surface area (Å²) in [4.78, 5) is 5.07. The lowest BCUT2D eigenvalue weighted by molar-refractivity contribution is 1.18. The molecule has 3 nitrogen and oxygen atoms in total. The molecule has 1 aromatic heterocycles. The van der Waals surface area contributed by atoms with Crippen molar-refractivity contribution >= 4 is 79.0 Å². The maximum Gasteiger partial charge on any atom is 0.252 e. The number of para-hydroxylation sites is 2. The molecule has 298 valence electrons. The van der Waals surface area contributed by atoms with Crippen molar-refractivity contribution in [1.82, 2.24) is 4.57 Å². The third-order valence-electron chi connectivity index (χ3n) is 13.4. The van der Waals surface area contributed by atoms with E-state index < -0.39 is 0 Å². The molecule has 4 heteroatoms. The molecule has 10 aromatic carbocycles. The van der Waals surface area contributed by atoms with E-state index in [0.29, 0.717) is 0 Å². The van der Waals surface area contributed by atoms with Crippen LogP contribution in [0.25, 0.3) is 60.9 Å². The van der Waals surface area contributed by atoms with Gasteiger partial charge in [0, 0.05) is 44.9 Å². The predicted molar refractivity (Wildman–Crippen MR) is 271 cm³/mol. The molecule has 0 fully saturated rings. The molecule has 2 aliphatic rings. The zero-order valence-electron chi connectivity index (χ0n) is 35.0. The predicted octanol–water partition coefficient (Wildman–Crippen LogP) is 13.9. The van der Waals surface area contributed by atoms with Crippen LogP contribution in [0.2, 0.25) is 0 Å². The molecule has 0 unspecified atom stereocenters. The van der Waals surface area contributed by atoms with Crippen molar-refractivity contribution in [3.63, 3.8) is 0 Å². The minimum atomic E-state index is -0.0241. The molecular weight excluding hydrogens is 773 g/mol. The molecule has 0 bridgehead atoms. The van der Waals surface area contributed by atoms with Gasteiger partial charge in [-0.05, 0) is 116 Å². The quantitative estimate of drug-likeness (QED) is 0.155. The van der Waals surface area contributed by atoms with E-state index in [1.165, 1.54) is 94.3 Å². The fourth-order valence-corrected chi connectivity index (χ4v) is 10.5. The van der Waals surface area contributed by atoms with Crippen LogP contribution in [-0.2, 0) is 0 Å². The van der Waals surface area contributed by atoms with E-state index in [2.05, 4.69) is 257 Å². The number of nitrogens with zero attached hydrogens (tertiary/aromatic N) is 3. The molecule has 11 aromatic rings. The zero-order chi connectivity index (χ0) is 42.1. The van der Waals surface area contributed by atoms with Gasteiger partial charge in [-0.1, -0.05) is 176 Å². The van der Waals surface area contributed by atoms with Crippen LogP contribution in [0.5, 0.6) is 0 Å². The maximum absolute atomic E-state index is 2.56. The molecule has 0 saturated carbocycles. The van der Waals surface area contributed by atoms with E-state index in [9.17, 15) is 0 Å². The molecule has 0 atom stereocenters. The molecule has 0 spiro atoms. The van der Waals surface area contributed by atoms with Gasteiger partial charge >= 0.3 is 0 Å². The van der Waals surface area contributed by atoms with Crippen molar-refractivity contribution in [3.05, 3.63) is 243 Å². The van der Waals surface area contributed by atoms with Gasteiger partial charge in [-0.2, -0.15) is 0 Å². The Morgan fingerprint density at radius 3 is 1.41 bits per heavy atom. The molecule has 3 heterocycles. The number of benzene rings is 10. The smallest absolute Gasteiger partial charge is 0.252 e. The summed E-state index contributed by atoms with van der Waals surface area (Å²) in [5.41, 5.74) is 21.7. The van der Waals surface area contributed by atoms with E-state index in [4.69, 9.17) is 0 Å². The van der Waals surface area contributed by atoms with E-state index in [1.54, 1.807) is 0 Å². The first-order valence-electron chi connectivity index (χ1n) is 22.1. The number of rotatable bonds is 6. The molecule has 0 N–H and O–H groups in total. The minimum absolute atomic E-state index is 0.0241. The average molecular weight is 814 g/mol. The highest BCUT2D eigenvalue weighted by atomic mass is 15.2. The molecular formula is C60H40BN3. The van der Waals surface area contributed by atoms with Crippen LogP contribution in [0.1, 0.15) is 0 Å². The third-order valence-corrected chi connectivity index (χ3v) is 13.4. The first kappa shape index (κ1) is 36.3.